The molecule has 1 aromatic heterocycles. The van der Waals surface area contributed by atoms with Gasteiger partial charge in [-0.2, -0.15) is 13.5 Å². The van der Waals surface area contributed by atoms with E-state index in [1.165, 1.54) is 21.9 Å². The zero-order valence-electron chi connectivity index (χ0n) is 17.9. The number of fused-ring (bicyclic) bond motifs is 2. The van der Waals surface area contributed by atoms with Crippen molar-refractivity contribution in [2.75, 3.05) is 26.2 Å². The number of amides is 4. The number of nitrogens with one attached hydrogen (secondary N) is 2. The average molecular weight is 489 g/mol. The SMILES string of the molecule is CC(C)(C)OC(=O)NCCONC(=O)c1cn(C2=CC3CN(C2)C(=O)N3OS(=O)(=O)O)nn1. The van der Waals surface area contributed by atoms with Gasteiger partial charge in [-0.05, 0) is 26.8 Å². The number of nitrogens with zero attached hydrogens (tertiary/aromatic N) is 5. The van der Waals surface area contributed by atoms with Crippen LogP contribution in [0.1, 0.15) is 31.3 Å². The van der Waals surface area contributed by atoms with Crippen LogP contribution in [0.2, 0.25) is 0 Å². The molecule has 0 aromatic carbocycles. The molecule has 1 fully saturated rings. The quantitative estimate of drug-likeness (QED) is 0.234. The molecule has 2 bridgehead atoms. The van der Waals surface area contributed by atoms with Crippen molar-refractivity contribution in [3.63, 3.8) is 0 Å². The van der Waals surface area contributed by atoms with Gasteiger partial charge >= 0.3 is 22.5 Å². The number of hydrogen-bond acceptors (Lipinski definition) is 10. The molecule has 1 unspecified atom stereocenters. The molecule has 182 valence electrons. The molecular formula is C16H23N7O9S. The molecule has 0 aliphatic carbocycles. The zero-order chi connectivity index (χ0) is 24.4. The maximum atomic E-state index is 12.2. The lowest BCUT2D eigenvalue weighted by Gasteiger charge is -2.20. The van der Waals surface area contributed by atoms with Crippen LogP contribution in [0.25, 0.3) is 5.70 Å². The Hall–Kier alpha value is -3.28. The van der Waals surface area contributed by atoms with Gasteiger partial charge in [0.15, 0.2) is 5.69 Å². The lowest BCUT2D eigenvalue weighted by Crippen LogP contribution is -2.35. The van der Waals surface area contributed by atoms with E-state index in [0.717, 1.165) is 0 Å². The summed E-state index contributed by atoms with van der Waals surface area (Å²) in [4.78, 5) is 42.1. The lowest BCUT2D eigenvalue weighted by atomic mass is 10.2. The molecule has 17 heteroatoms. The van der Waals surface area contributed by atoms with Crippen molar-refractivity contribution in [1.82, 2.24) is 35.8 Å². The van der Waals surface area contributed by atoms with Crippen LogP contribution in [0, 0.1) is 0 Å². The molecule has 0 spiro atoms. The summed E-state index contributed by atoms with van der Waals surface area (Å²) in [6.07, 6.45) is 2.17. The normalized spacial score (nSPS) is 18.2. The molecule has 3 heterocycles. The Morgan fingerprint density at radius 1 is 1.33 bits per heavy atom. The Bertz CT molecular complexity index is 1060. The van der Waals surface area contributed by atoms with Crippen LogP contribution >= 0.6 is 0 Å². The first-order chi connectivity index (χ1) is 15.3. The predicted octanol–water partition coefficient (Wildman–Crippen LogP) is -0.841. The number of urea groups is 1. The summed E-state index contributed by atoms with van der Waals surface area (Å²) in [5.74, 6) is -0.703. The lowest BCUT2D eigenvalue weighted by molar-refractivity contribution is -0.0183. The van der Waals surface area contributed by atoms with Gasteiger partial charge in [0.05, 0.1) is 25.0 Å². The van der Waals surface area contributed by atoms with E-state index in [2.05, 4.69) is 25.4 Å². The second-order valence-electron chi connectivity index (χ2n) is 7.97. The smallest absolute Gasteiger partial charge is 0.418 e. The number of alkyl carbamates (subject to hydrolysis) is 1. The Morgan fingerprint density at radius 2 is 2.06 bits per heavy atom. The van der Waals surface area contributed by atoms with Gasteiger partial charge in [-0.25, -0.2) is 19.8 Å². The van der Waals surface area contributed by atoms with Crippen molar-refractivity contribution in [2.24, 2.45) is 0 Å². The van der Waals surface area contributed by atoms with E-state index in [1.807, 2.05) is 0 Å². The minimum absolute atomic E-state index is 0.0351. The molecule has 4 amide bonds. The van der Waals surface area contributed by atoms with Crippen molar-refractivity contribution in [3.05, 3.63) is 18.0 Å². The van der Waals surface area contributed by atoms with Gasteiger partial charge in [0.1, 0.15) is 11.6 Å². The van der Waals surface area contributed by atoms with E-state index in [4.69, 9.17) is 14.1 Å². The van der Waals surface area contributed by atoms with Crippen molar-refractivity contribution in [1.29, 1.82) is 0 Å². The van der Waals surface area contributed by atoms with Crippen molar-refractivity contribution in [3.8, 4) is 0 Å². The summed E-state index contributed by atoms with van der Waals surface area (Å²) in [6.45, 7) is 5.41. The van der Waals surface area contributed by atoms with Crippen LogP contribution < -0.4 is 10.8 Å². The molecule has 1 atom stereocenters. The van der Waals surface area contributed by atoms with E-state index in [1.54, 1.807) is 20.8 Å². The third-order valence-electron chi connectivity index (χ3n) is 4.14. The van der Waals surface area contributed by atoms with Gasteiger partial charge < -0.3 is 15.0 Å². The van der Waals surface area contributed by atoms with Crippen LogP contribution in [0.5, 0.6) is 0 Å². The van der Waals surface area contributed by atoms with Gasteiger partial charge in [0.25, 0.3) is 5.91 Å². The fourth-order valence-corrected chi connectivity index (χ4v) is 3.29. The second-order valence-corrected chi connectivity index (χ2v) is 8.98. The Kier molecular flexibility index (Phi) is 6.86. The second kappa shape index (κ2) is 9.30. The summed E-state index contributed by atoms with van der Waals surface area (Å²) in [5.41, 5.74) is 1.85. The molecule has 2 aliphatic rings. The van der Waals surface area contributed by atoms with Crippen LogP contribution in [-0.4, -0.2) is 93.8 Å². The average Bonchev–Trinajstić information content (AvgIpc) is 3.25. The highest BCUT2D eigenvalue weighted by molar-refractivity contribution is 7.80. The largest absolute Gasteiger partial charge is 0.444 e. The summed E-state index contributed by atoms with van der Waals surface area (Å²) >= 11 is 0. The number of aromatic nitrogens is 3. The standard InChI is InChI=1S/C16H23N7O9S/c1-16(2,3)31-14(25)17-4-5-30-19-13(24)12-9-22(20-18-12)10-6-11-8-21(7-10)15(26)23(11)32-33(27,28)29/h6,9,11H,4-5,7-8H2,1-3H3,(H,17,25)(H,19,24)(H,27,28,29). The summed E-state index contributed by atoms with van der Waals surface area (Å²) < 4.78 is 41.4. The van der Waals surface area contributed by atoms with E-state index < -0.39 is 40.1 Å². The zero-order valence-corrected chi connectivity index (χ0v) is 18.7. The van der Waals surface area contributed by atoms with E-state index in [0.29, 0.717) is 10.8 Å². The first kappa shape index (κ1) is 24.4. The van der Waals surface area contributed by atoms with Gasteiger partial charge in [-0.15, -0.1) is 9.38 Å². The highest BCUT2D eigenvalue weighted by atomic mass is 32.3. The van der Waals surface area contributed by atoms with Gasteiger partial charge in [0, 0.05) is 13.1 Å². The molecule has 3 rings (SSSR count). The minimum atomic E-state index is -4.88. The summed E-state index contributed by atoms with van der Waals surface area (Å²) in [5, 5.41) is 10.6. The summed E-state index contributed by atoms with van der Waals surface area (Å²) in [7, 11) is -4.88. The Morgan fingerprint density at radius 3 is 2.73 bits per heavy atom. The molecule has 3 N–H and O–H groups in total. The molecule has 1 saturated heterocycles. The van der Waals surface area contributed by atoms with Crippen molar-refractivity contribution in [2.45, 2.75) is 32.4 Å². The van der Waals surface area contributed by atoms with Crippen molar-refractivity contribution < 1.29 is 41.2 Å². The molecule has 0 radical (unpaired) electrons. The third-order valence-corrected chi connectivity index (χ3v) is 4.49. The highest BCUT2D eigenvalue weighted by Crippen LogP contribution is 2.27. The fourth-order valence-electron chi connectivity index (χ4n) is 2.92. The van der Waals surface area contributed by atoms with E-state index in [9.17, 15) is 22.8 Å². The monoisotopic (exact) mass is 489 g/mol. The van der Waals surface area contributed by atoms with E-state index >= 15 is 0 Å². The predicted molar refractivity (Wildman–Crippen MR) is 107 cm³/mol. The first-order valence-electron chi connectivity index (χ1n) is 9.60. The van der Waals surface area contributed by atoms with Crippen molar-refractivity contribution >= 4 is 34.1 Å². The molecule has 1 aromatic rings. The number of ether oxygens (including phenoxy) is 1. The Labute approximate surface area is 188 Å². The molecule has 0 saturated carbocycles. The fraction of sp³-hybridized carbons (Fsp3) is 0.562. The third kappa shape index (κ3) is 6.60. The number of hydroxylamine groups is 3. The van der Waals surface area contributed by atoms with Crippen LogP contribution in [0.4, 0.5) is 9.59 Å². The number of hydrogen-bond donors (Lipinski definition) is 3. The molecule has 2 aliphatic heterocycles. The van der Waals surface area contributed by atoms with Crippen LogP contribution in [0.15, 0.2) is 12.3 Å². The number of rotatable bonds is 8. The molecule has 16 nitrogen and oxygen atoms in total. The number of carbonyl (C=O) groups excluding carboxylic acids is 3. The molecule has 33 heavy (non-hydrogen) atoms. The van der Waals surface area contributed by atoms with Crippen LogP contribution in [0.3, 0.4) is 0 Å². The van der Waals surface area contributed by atoms with Gasteiger partial charge in [-0.1, -0.05) is 5.21 Å². The maximum absolute atomic E-state index is 12.2. The highest BCUT2D eigenvalue weighted by Gasteiger charge is 2.43. The molecular weight excluding hydrogens is 466 g/mol. The van der Waals surface area contributed by atoms with Gasteiger partial charge in [0.2, 0.25) is 0 Å². The Balaban J connectivity index is 1.51. The van der Waals surface area contributed by atoms with Crippen LogP contribution in [-0.2, 0) is 24.3 Å². The maximum Gasteiger partial charge on any atom is 0.418 e. The summed E-state index contributed by atoms with van der Waals surface area (Å²) in [6, 6.07) is -1.55. The first-order valence-corrected chi connectivity index (χ1v) is 11.0. The topological polar surface area (TPSA) is 195 Å². The van der Waals surface area contributed by atoms with E-state index in [-0.39, 0.29) is 31.9 Å². The number of carbonyl (C=O) groups is 3. The van der Waals surface area contributed by atoms with Gasteiger partial charge in [-0.3, -0.25) is 14.2 Å². The minimum Gasteiger partial charge on any atom is -0.444 e.